The second-order valence-corrected chi connectivity index (χ2v) is 10.2. The van der Waals surface area contributed by atoms with Crippen LogP contribution in [0.5, 0.6) is 0 Å². The van der Waals surface area contributed by atoms with Crippen LogP contribution in [0.1, 0.15) is 43.0 Å². The predicted molar refractivity (Wildman–Crippen MR) is 141 cm³/mol. The zero-order valence-electron chi connectivity index (χ0n) is 20.2. The number of halogens is 1. The zero-order valence-corrected chi connectivity index (χ0v) is 21.0. The highest BCUT2D eigenvalue weighted by molar-refractivity contribution is 7.90. The summed E-state index contributed by atoms with van der Waals surface area (Å²) in [6.07, 6.45) is 2.44. The van der Waals surface area contributed by atoms with Gasteiger partial charge < -0.3 is 5.32 Å². The first-order valence-corrected chi connectivity index (χ1v) is 13.4. The Morgan fingerprint density at radius 3 is 2.51 bits per heavy atom. The number of sulfonamides is 1. The molecule has 0 fully saturated rings. The molecule has 0 spiro atoms. The Bertz CT molecular complexity index is 1570. The van der Waals surface area contributed by atoms with Crippen LogP contribution in [-0.2, 0) is 14.8 Å². The maximum atomic E-state index is 13.6. The van der Waals surface area contributed by atoms with E-state index in [0.717, 1.165) is 12.8 Å². The van der Waals surface area contributed by atoms with Crippen LogP contribution in [0, 0.1) is 5.82 Å². The van der Waals surface area contributed by atoms with E-state index in [4.69, 9.17) is 0 Å². The minimum atomic E-state index is -4.17. The topological polar surface area (TPSA) is 105 Å². The Hall–Kier alpha value is -4.11. The molecule has 0 aliphatic rings. The number of benzene rings is 3. The molecule has 0 aliphatic heterocycles. The Kier molecular flexibility index (Phi) is 7.93. The van der Waals surface area contributed by atoms with Crippen LogP contribution >= 0.6 is 0 Å². The van der Waals surface area contributed by atoms with Crippen LogP contribution in [0.4, 0.5) is 10.1 Å². The highest BCUT2D eigenvalue weighted by Crippen LogP contribution is 2.25. The van der Waals surface area contributed by atoms with Crippen molar-refractivity contribution in [2.45, 2.75) is 37.5 Å². The molecule has 3 aromatic carbocycles. The second-order valence-electron chi connectivity index (χ2n) is 8.55. The largest absolute Gasteiger partial charge is 0.321 e. The number of hydrogen-bond acceptors (Lipinski definition) is 5. The van der Waals surface area contributed by atoms with Gasteiger partial charge in [-0.1, -0.05) is 50.1 Å². The minimum absolute atomic E-state index is 0.0565. The zero-order chi connectivity index (χ0) is 26.4. The van der Waals surface area contributed by atoms with Crippen molar-refractivity contribution in [2.24, 2.45) is 0 Å². The summed E-state index contributed by atoms with van der Waals surface area (Å²) >= 11 is 0. The summed E-state index contributed by atoms with van der Waals surface area (Å²) in [6.45, 7) is 1.99. The van der Waals surface area contributed by atoms with Gasteiger partial charge in [-0.3, -0.25) is 9.59 Å². The second kappa shape index (κ2) is 11.3. The van der Waals surface area contributed by atoms with Gasteiger partial charge in [-0.25, -0.2) is 22.5 Å². The van der Waals surface area contributed by atoms with Crippen molar-refractivity contribution in [1.29, 1.82) is 0 Å². The summed E-state index contributed by atoms with van der Waals surface area (Å²) in [5, 5.41) is 3.32. The first-order chi connectivity index (χ1) is 17.8. The van der Waals surface area contributed by atoms with Gasteiger partial charge in [0.15, 0.2) is 0 Å². The number of aromatic nitrogens is 1. The number of fused-ring (bicyclic) bond motifs is 1. The third kappa shape index (κ3) is 6.37. The highest BCUT2D eigenvalue weighted by atomic mass is 32.2. The molecule has 7 nitrogen and oxygen atoms in total. The third-order valence-electron chi connectivity index (χ3n) is 5.75. The normalized spacial score (nSPS) is 11.3. The molecule has 0 radical (unpaired) electrons. The maximum Gasteiger partial charge on any atom is 0.266 e. The molecule has 4 rings (SSSR count). The average Bonchev–Trinajstić information content (AvgIpc) is 2.88. The fourth-order valence-corrected chi connectivity index (χ4v) is 5.04. The number of rotatable bonds is 9. The number of amides is 2. The molecule has 0 unspecified atom stereocenters. The van der Waals surface area contributed by atoms with Gasteiger partial charge in [0.1, 0.15) is 10.7 Å². The maximum absolute atomic E-state index is 13.6. The lowest BCUT2D eigenvalue weighted by Gasteiger charge is -2.13. The van der Waals surface area contributed by atoms with Gasteiger partial charge in [0.05, 0.1) is 16.9 Å². The number of carbonyl (C=O) groups is 2. The lowest BCUT2D eigenvalue weighted by molar-refractivity contribution is -0.119. The smallest absolute Gasteiger partial charge is 0.266 e. The molecule has 0 bridgehead atoms. The Labute approximate surface area is 214 Å². The number of nitrogens with one attached hydrogen (secondary N) is 2. The molecule has 190 valence electrons. The SMILES string of the molecule is CCCCCC(=O)NS(=O)(=O)c1ccccc1NC(=O)c1ccc2nc(-c3cccc(F)c3)ccc2c1. The molecule has 1 aromatic heterocycles. The summed E-state index contributed by atoms with van der Waals surface area (Å²) in [6, 6.07) is 20.4. The van der Waals surface area contributed by atoms with Crippen LogP contribution < -0.4 is 10.0 Å². The van der Waals surface area contributed by atoms with Crippen LogP contribution in [-0.4, -0.2) is 25.2 Å². The van der Waals surface area contributed by atoms with Crippen molar-refractivity contribution >= 4 is 38.4 Å². The van der Waals surface area contributed by atoms with Crippen LogP contribution in [0.15, 0.2) is 83.8 Å². The fourth-order valence-electron chi connectivity index (χ4n) is 3.87. The average molecular weight is 520 g/mol. The van der Waals surface area contributed by atoms with Gasteiger partial charge in [-0.2, -0.15) is 0 Å². The van der Waals surface area contributed by atoms with Crippen molar-refractivity contribution in [3.63, 3.8) is 0 Å². The molecule has 0 saturated carbocycles. The molecule has 0 atom stereocenters. The lowest BCUT2D eigenvalue weighted by atomic mass is 10.1. The number of para-hydroxylation sites is 1. The molecule has 0 saturated heterocycles. The number of anilines is 1. The van der Waals surface area contributed by atoms with Gasteiger partial charge in [-0.15, -0.1) is 0 Å². The molecule has 37 heavy (non-hydrogen) atoms. The van der Waals surface area contributed by atoms with E-state index in [1.54, 1.807) is 48.5 Å². The molecule has 9 heteroatoms. The van der Waals surface area contributed by atoms with Gasteiger partial charge in [0.25, 0.3) is 15.9 Å². The summed E-state index contributed by atoms with van der Waals surface area (Å²) in [5.41, 5.74) is 2.20. The monoisotopic (exact) mass is 519 g/mol. The number of hydrogen-bond donors (Lipinski definition) is 2. The van der Waals surface area contributed by atoms with Gasteiger partial charge in [0.2, 0.25) is 5.91 Å². The van der Waals surface area contributed by atoms with Crippen molar-refractivity contribution in [3.05, 3.63) is 90.2 Å². The summed E-state index contributed by atoms with van der Waals surface area (Å²) in [7, 11) is -4.17. The molecular formula is C28H26FN3O4S. The summed E-state index contributed by atoms with van der Waals surface area (Å²) < 4.78 is 41.4. The van der Waals surface area contributed by atoms with E-state index in [1.165, 1.54) is 30.3 Å². The number of pyridine rings is 1. The van der Waals surface area contributed by atoms with Gasteiger partial charge >= 0.3 is 0 Å². The van der Waals surface area contributed by atoms with Crippen molar-refractivity contribution < 1.29 is 22.4 Å². The molecule has 2 N–H and O–H groups in total. The summed E-state index contributed by atoms with van der Waals surface area (Å²) in [4.78, 5) is 29.5. The van der Waals surface area contributed by atoms with Crippen molar-refractivity contribution in [1.82, 2.24) is 9.71 Å². The molecule has 0 aliphatic carbocycles. The van der Waals surface area contributed by atoms with E-state index in [0.29, 0.717) is 34.1 Å². The van der Waals surface area contributed by atoms with E-state index in [2.05, 4.69) is 15.0 Å². The Balaban J connectivity index is 1.54. The predicted octanol–water partition coefficient (Wildman–Crippen LogP) is 5.68. The van der Waals surface area contributed by atoms with Crippen molar-refractivity contribution in [3.8, 4) is 11.3 Å². The van der Waals surface area contributed by atoms with Crippen LogP contribution in [0.3, 0.4) is 0 Å². The lowest BCUT2D eigenvalue weighted by Crippen LogP contribution is -2.31. The Morgan fingerprint density at radius 1 is 0.919 bits per heavy atom. The standard InChI is InChI=1S/C28H26FN3O4S/c1-2-3-4-12-27(33)32-37(35,36)26-11-6-5-10-25(26)31-28(34)21-14-16-24-20(17-21)13-15-23(30-24)19-8-7-9-22(29)18-19/h5-11,13-18H,2-4,12H2,1H3,(H,31,34)(H,32,33). The molecule has 4 aromatic rings. The third-order valence-corrected chi connectivity index (χ3v) is 7.18. The van der Waals surface area contributed by atoms with E-state index in [-0.39, 0.29) is 22.8 Å². The van der Waals surface area contributed by atoms with Crippen LogP contribution in [0.2, 0.25) is 0 Å². The van der Waals surface area contributed by atoms with Crippen LogP contribution in [0.25, 0.3) is 22.2 Å². The molecular weight excluding hydrogens is 493 g/mol. The summed E-state index contributed by atoms with van der Waals surface area (Å²) in [5.74, 6) is -1.47. The minimum Gasteiger partial charge on any atom is -0.321 e. The van der Waals surface area contributed by atoms with Crippen molar-refractivity contribution in [2.75, 3.05) is 5.32 Å². The number of nitrogens with zero attached hydrogens (tertiary/aromatic N) is 1. The first kappa shape index (κ1) is 26.0. The van der Waals surface area contributed by atoms with E-state index >= 15 is 0 Å². The van der Waals surface area contributed by atoms with E-state index < -0.39 is 21.8 Å². The molecule has 1 heterocycles. The number of unbranched alkanes of at least 4 members (excludes halogenated alkanes) is 2. The van der Waals surface area contributed by atoms with Gasteiger partial charge in [0, 0.05) is 22.9 Å². The quantitative estimate of drug-likeness (QED) is 0.277. The number of carbonyl (C=O) groups excluding carboxylic acids is 2. The molecule has 2 amide bonds. The highest BCUT2D eigenvalue weighted by Gasteiger charge is 2.22. The first-order valence-electron chi connectivity index (χ1n) is 11.9. The van der Waals surface area contributed by atoms with E-state index in [1.807, 2.05) is 6.92 Å². The van der Waals surface area contributed by atoms with E-state index in [9.17, 15) is 22.4 Å². The Morgan fingerprint density at radius 2 is 1.73 bits per heavy atom. The fraction of sp³-hybridized carbons (Fsp3) is 0.179. The van der Waals surface area contributed by atoms with Gasteiger partial charge in [-0.05, 0) is 55.0 Å².